The predicted molar refractivity (Wildman–Crippen MR) is 82.9 cm³/mol. The second kappa shape index (κ2) is 7.21. The minimum atomic E-state index is -0.446. The first-order chi connectivity index (χ1) is 10.0. The quantitative estimate of drug-likeness (QED) is 0.798. The van der Waals surface area contributed by atoms with E-state index in [1.807, 2.05) is 6.92 Å². The fraction of sp³-hybridized carbons (Fsp3) is 0.250. The van der Waals surface area contributed by atoms with E-state index in [1.54, 1.807) is 24.3 Å². The first-order valence-electron chi connectivity index (χ1n) is 6.64. The zero-order chi connectivity index (χ0) is 15.4. The Morgan fingerprint density at radius 2 is 1.62 bits per heavy atom. The molecule has 112 valence electrons. The molecule has 1 N–H and O–H groups in total. The van der Waals surface area contributed by atoms with Crippen molar-refractivity contribution < 1.29 is 8.78 Å². The summed E-state index contributed by atoms with van der Waals surface area (Å²) in [6.45, 7) is 2.49. The number of benzene rings is 2. The van der Waals surface area contributed by atoms with E-state index in [1.165, 1.54) is 12.1 Å². The summed E-state index contributed by atoms with van der Waals surface area (Å²) in [5.41, 5.74) is 0.685. The van der Waals surface area contributed by atoms with Crippen LogP contribution >= 0.6 is 23.2 Å². The molecule has 0 aromatic heterocycles. The van der Waals surface area contributed by atoms with Gasteiger partial charge in [-0.1, -0.05) is 42.3 Å². The summed E-state index contributed by atoms with van der Waals surface area (Å²) in [4.78, 5) is 0. The Hall–Kier alpha value is -1.16. The SMILES string of the molecule is CCNC(Cc1c(F)cccc1Cl)c1c(F)cccc1Cl. The molecular formula is C16H15Cl2F2N. The number of hydrogen-bond acceptors (Lipinski definition) is 1. The molecule has 0 bridgehead atoms. The molecule has 0 radical (unpaired) electrons. The van der Waals surface area contributed by atoms with Crippen LogP contribution in [-0.2, 0) is 6.42 Å². The Morgan fingerprint density at radius 3 is 2.19 bits per heavy atom. The maximum atomic E-state index is 14.1. The monoisotopic (exact) mass is 329 g/mol. The fourth-order valence-electron chi connectivity index (χ4n) is 2.30. The number of likely N-dealkylation sites (N-methyl/N-ethyl adjacent to an activating group) is 1. The van der Waals surface area contributed by atoms with Crippen molar-refractivity contribution in [3.63, 3.8) is 0 Å². The van der Waals surface area contributed by atoms with Gasteiger partial charge in [-0.15, -0.1) is 0 Å². The summed E-state index contributed by atoms with van der Waals surface area (Å²) in [7, 11) is 0. The molecule has 0 aliphatic carbocycles. The third kappa shape index (κ3) is 3.73. The van der Waals surface area contributed by atoms with Crippen LogP contribution in [0.4, 0.5) is 8.78 Å². The van der Waals surface area contributed by atoms with Crippen molar-refractivity contribution in [2.45, 2.75) is 19.4 Å². The molecular weight excluding hydrogens is 315 g/mol. The van der Waals surface area contributed by atoms with Crippen LogP contribution in [0, 0.1) is 11.6 Å². The smallest absolute Gasteiger partial charge is 0.129 e. The van der Waals surface area contributed by atoms with Gasteiger partial charge in [0.15, 0.2) is 0 Å². The highest BCUT2D eigenvalue weighted by Gasteiger charge is 2.21. The average Bonchev–Trinajstić information content (AvgIpc) is 2.42. The topological polar surface area (TPSA) is 12.0 Å². The third-order valence-corrected chi connectivity index (χ3v) is 3.95. The highest BCUT2D eigenvalue weighted by atomic mass is 35.5. The molecule has 0 aliphatic rings. The Labute approximate surface area is 132 Å². The molecule has 0 heterocycles. The molecule has 2 aromatic rings. The van der Waals surface area contributed by atoms with Crippen molar-refractivity contribution >= 4 is 23.2 Å². The lowest BCUT2D eigenvalue weighted by Gasteiger charge is -2.21. The van der Waals surface area contributed by atoms with Crippen LogP contribution in [0.3, 0.4) is 0 Å². The van der Waals surface area contributed by atoms with Gasteiger partial charge in [0.1, 0.15) is 11.6 Å². The normalized spacial score (nSPS) is 12.4. The van der Waals surface area contributed by atoms with E-state index < -0.39 is 17.7 Å². The summed E-state index contributed by atoms with van der Waals surface area (Å²) >= 11 is 12.1. The van der Waals surface area contributed by atoms with Gasteiger partial charge in [0.2, 0.25) is 0 Å². The molecule has 1 atom stereocenters. The Balaban J connectivity index is 2.41. The third-order valence-electron chi connectivity index (χ3n) is 3.27. The van der Waals surface area contributed by atoms with Gasteiger partial charge in [-0.2, -0.15) is 0 Å². The molecule has 2 aromatic carbocycles. The Kier molecular flexibility index (Phi) is 5.57. The molecule has 0 saturated carbocycles. The maximum absolute atomic E-state index is 14.1. The molecule has 0 fully saturated rings. The van der Waals surface area contributed by atoms with Gasteiger partial charge < -0.3 is 5.32 Å². The molecule has 0 spiro atoms. The predicted octanol–water partition coefficient (Wildman–Crippen LogP) is 5.16. The van der Waals surface area contributed by atoms with Gasteiger partial charge in [0.05, 0.1) is 0 Å². The maximum Gasteiger partial charge on any atom is 0.129 e. The van der Waals surface area contributed by atoms with Crippen LogP contribution < -0.4 is 5.32 Å². The highest BCUT2D eigenvalue weighted by molar-refractivity contribution is 6.31. The van der Waals surface area contributed by atoms with Crippen LogP contribution in [0.15, 0.2) is 36.4 Å². The zero-order valence-electron chi connectivity index (χ0n) is 11.5. The summed E-state index contributed by atoms with van der Waals surface area (Å²) in [6.07, 6.45) is 0.222. The van der Waals surface area contributed by atoms with Gasteiger partial charge in [-0.25, -0.2) is 8.78 Å². The molecule has 5 heteroatoms. The Bertz CT molecular complexity index is 591. The van der Waals surface area contributed by atoms with E-state index in [4.69, 9.17) is 23.2 Å². The van der Waals surface area contributed by atoms with Crippen molar-refractivity contribution in [3.05, 3.63) is 69.2 Å². The molecule has 2 rings (SSSR count). The van der Waals surface area contributed by atoms with E-state index in [0.29, 0.717) is 27.7 Å². The molecule has 0 saturated heterocycles. The minimum Gasteiger partial charge on any atom is -0.310 e. The van der Waals surface area contributed by atoms with Crippen molar-refractivity contribution in [2.75, 3.05) is 6.54 Å². The summed E-state index contributed by atoms with van der Waals surface area (Å²) in [5, 5.41) is 3.77. The van der Waals surface area contributed by atoms with E-state index in [-0.39, 0.29) is 6.42 Å². The van der Waals surface area contributed by atoms with Crippen molar-refractivity contribution in [1.29, 1.82) is 0 Å². The summed E-state index contributed by atoms with van der Waals surface area (Å²) < 4.78 is 28.0. The van der Waals surface area contributed by atoms with E-state index in [2.05, 4.69) is 5.32 Å². The second-order valence-electron chi connectivity index (χ2n) is 4.65. The number of halogens is 4. The van der Waals surface area contributed by atoms with Crippen molar-refractivity contribution in [1.82, 2.24) is 5.32 Å². The second-order valence-corrected chi connectivity index (χ2v) is 5.46. The van der Waals surface area contributed by atoms with Crippen LogP contribution in [0.2, 0.25) is 10.0 Å². The van der Waals surface area contributed by atoms with Crippen LogP contribution in [-0.4, -0.2) is 6.54 Å². The largest absolute Gasteiger partial charge is 0.310 e. The van der Waals surface area contributed by atoms with Crippen molar-refractivity contribution in [3.8, 4) is 0 Å². The van der Waals surface area contributed by atoms with Gasteiger partial charge >= 0.3 is 0 Å². The first kappa shape index (κ1) is 16.2. The van der Waals surface area contributed by atoms with E-state index in [0.717, 1.165) is 0 Å². The van der Waals surface area contributed by atoms with Crippen molar-refractivity contribution in [2.24, 2.45) is 0 Å². The van der Waals surface area contributed by atoms with Gasteiger partial charge in [0.25, 0.3) is 0 Å². The number of nitrogens with one attached hydrogen (secondary N) is 1. The van der Waals surface area contributed by atoms with Crippen LogP contribution in [0.5, 0.6) is 0 Å². The molecule has 21 heavy (non-hydrogen) atoms. The first-order valence-corrected chi connectivity index (χ1v) is 7.40. The molecule has 0 aliphatic heterocycles. The lowest BCUT2D eigenvalue weighted by atomic mass is 9.97. The van der Waals surface area contributed by atoms with Gasteiger partial charge in [0, 0.05) is 27.2 Å². The van der Waals surface area contributed by atoms with E-state index >= 15 is 0 Å². The highest BCUT2D eigenvalue weighted by Crippen LogP contribution is 2.31. The zero-order valence-corrected chi connectivity index (χ0v) is 13.0. The van der Waals surface area contributed by atoms with Crippen LogP contribution in [0.1, 0.15) is 24.1 Å². The van der Waals surface area contributed by atoms with Gasteiger partial charge in [-0.3, -0.25) is 0 Å². The minimum absolute atomic E-state index is 0.222. The van der Waals surface area contributed by atoms with Gasteiger partial charge in [-0.05, 0) is 37.2 Å². The molecule has 1 nitrogen and oxygen atoms in total. The Morgan fingerprint density at radius 1 is 1.00 bits per heavy atom. The molecule has 1 unspecified atom stereocenters. The summed E-state index contributed by atoms with van der Waals surface area (Å²) in [5.74, 6) is -0.821. The lowest BCUT2D eigenvalue weighted by molar-refractivity contribution is 0.498. The summed E-state index contributed by atoms with van der Waals surface area (Å²) in [6, 6.07) is 8.55. The average molecular weight is 330 g/mol. The number of hydrogen-bond donors (Lipinski definition) is 1. The van der Waals surface area contributed by atoms with Crippen LogP contribution in [0.25, 0.3) is 0 Å². The number of rotatable bonds is 5. The standard InChI is InChI=1S/C16H15Cl2F2N/c1-2-21-15(16-12(18)6-4-8-14(16)20)9-10-11(17)5-3-7-13(10)19/h3-8,15,21H,2,9H2,1H3. The molecule has 0 amide bonds. The lowest BCUT2D eigenvalue weighted by Crippen LogP contribution is -2.24. The van der Waals surface area contributed by atoms with E-state index in [9.17, 15) is 8.78 Å². The fourth-order valence-corrected chi connectivity index (χ4v) is 2.83.